The molecule has 0 atom stereocenters. The third-order valence-corrected chi connectivity index (χ3v) is 2.59. The molecule has 5 heteroatoms. The van der Waals surface area contributed by atoms with Gasteiger partial charge in [-0.1, -0.05) is 6.07 Å². The molecule has 0 amide bonds. The number of nitrogens with zero attached hydrogens (tertiary/aromatic N) is 2. The number of aliphatic hydroxyl groups is 1. The van der Waals surface area contributed by atoms with Crippen LogP contribution in [-0.2, 0) is 6.61 Å². The second kappa shape index (κ2) is 4.93. The Hall–Kier alpha value is -2.27. The SMILES string of the molecule is Cc1ccc(O)cc1C(=N)c1cncc(CO)n1. The molecule has 1 heterocycles. The predicted molar refractivity (Wildman–Crippen MR) is 66.7 cm³/mol. The van der Waals surface area contributed by atoms with Crippen LogP contribution in [0.5, 0.6) is 5.75 Å². The number of aromatic hydroxyl groups is 1. The average Bonchev–Trinajstić information content (AvgIpc) is 2.41. The third kappa shape index (κ3) is 2.36. The maximum absolute atomic E-state index is 9.46. The van der Waals surface area contributed by atoms with Gasteiger partial charge in [-0.15, -0.1) is 0 Å². The summed E-state index contributed by atoms with van der Waals surface area (Å²) in [5, 5.41) is 26.5. The molecule has 0 radical (unpaired) electrons. The van der Waals surface area contributed by atoms with Crippen molar-refractivity contribution in [3.63, 3.8) is 0 Å². The lowest BCUT2D eigenvalue weighted by molar-refractivity contribution is 0.276. The first-order valence-corrected chi connectivity index (χ1v) is 5.42. The molecule has 0 aliphatic heterocycles. The number of phenolic OH excluding ortho intramolecular Hbond substituents is 1. The molecule has 18 heavy (non-hydrogen) atoms. The molecule has 1 aromatic heterocycles. The van der Waals surface area contributed by atoms with Gasteiger partial charge in [-0.25, -0.2) is 4.98 Å². The van der Waals surface area contributed by atoms with Crippen molar-refractivity contribution in [2.75, 3.05) is 0 Å². The molecule has 0 bridgehead atoms. The van der Waals surface area contributed by atoms with E-state index >= 15 is 0 Å². The average molecular weight is 243 g/mol. The molecule has 0 aliphatic rings. The number of benzene rings is 1. The van der Waals surface area contributed by atoms with E-state index in [1.807, 2.05) is 6.92 Å². The molecule has 1 aromatic carbocycles. The highest BCUT2D eigenvalue weighted by Gasteiger charge is 2.11. The smallest absolute Gasteiger partial charge is 0.116 e. The molecule has 0 saturated heterocycles. The lowest BCUT2D eigenvalue weighted by Crippen LogP contribution is -2.08. The van der Waals surface area contributed by atoms with Crippen LogP contribution in [0.1, 0.15) is 22.5 Å². The Kier molecular flexibility index (Phi) is 3.34. The van der Waals surface area contributed by atoms with Gasteiger partial charge < -0.3 is 10.2 Å². The van der Waals surface area contributed by atoms with Crippen molar-refractivity contribution in [3.05, 3.63) is 53.1 Å². The Labute approximate surface area is 104 Å². The molecule has 0 saturated carbocycles. The highest BCUT2D eigenvalue weighted by Crippen LogP contribution is 2.18. The van der Waals surface area contributed by atoms with Crippen molar-refractivity contribution in [1.82, 2.24) is 9.97 Å². The second-order valence-corrected chi connectivity index (χ2v) is 3.93. The summed E-state index contributed by atoms with van der Waals surface area (Å²) in [6.07, 6.45) is 2.91. The Morgan fingerprint density at radius 3 is 2.83 bits per heavy atom. The van der Waals surface area contributed by atoms with E-state index in [-0.39, 0.29) is 18.1 Å². The number of nitrogens with one attached hydrogen (secondary N) is 1. The van der Waals surface area contributed by atoms with Gasteiger partial charge in [-0.3, -0.25) is 10.4 Å². The molecule has 0 aliphatic carbocycles. The molecular formula is C13H13N3O2. The van der Waals surface area contributed by atoms with Crippen LogP contribution in [0, 0.1) is 12.3 Å². The molecule has 2 rings (SSSR count). The summed E-state index contributed by atoms with van der Waals surface area (Å²) in [6.45, 7) is 1.64. The minimum absolute atomic E-state index is 0.103. The molecule has 3 N–H and O–H groups in total. The van der Waals surface area contributed by atoms with E-state index in [1.165, 1.54) is 18.5 Å². The number of aliphatic hydroxyl groups excluding tert-OH is 1. The largest absolute Gasteiger partial charge is 0.508 e. The van der Waals surface area contributed by atoms with Gasteiger partial charge in [0.1, 0.15) is 11.4 Å². The molecule has 92 valence electrons. The molecule has 0 fully saturated rings. The Bertz CT molecular complexity index is 597. The Morgan fingerprint density at radius 1 is 1.33 bits per heavy atom. The fourth-order valence-corrected chi connectivity index (χ4v) is 1.62. The van der Waals surface area contributed by atoms with Crippen LogP contribution in [0.2, 0.25) is 0 Å². The lowest BCUT2D eigenvalue weighted by atomic mass is 10.0. The first kappa shape index (κ1) is 12.2. The van der Waals surface area contributed by atoms with Crippen LogP contribution in [0.3, 0.4) is 0 Å². The van der Waals surface area contributed by atoms with Gasteiger partial charge in [0.15, 0.2) is 0 Å². The number of phenols is 1. The summed E-state index contributed by atoms with van der Waals surface area (Å²) >= 11 is 0. The van der Waals surface area contributed by atoms with Crippen LogP contribution in [0.4, 0.5) is 0 Å². The standard InChI is InChI=1S/C13H13N3O2/c1-8-2-3-10(18)4-11(8)13(14)12-6-15-5-9(7-17)16-12/h2-6,14,17-18H,7H2,1H3. The van der Waals surface area contributed by atoms with Crippen LogP contribution in [-0.4, -0.2) is 25.9 Å². The summed E-state index contributed by atoms with van der Waals surface area (Å²) < 4.78 is 0. The number of rotatable bonds is 3. The van der Waals surface area contributed by atoms with Crippen molar-refractivity contribution in [3.8, 4) is 5.75 Å². The van der Waals surface area contributed by atoms with Crippen LogP contribution >= 0.6 is 0 Å². The van der Waals surface area contributed by atoms with E-state index in [0.29, 0.717) is 17.0 Å². The first-order chi connectivity index (χ1) is 8.61. The zero-order valence-corrected chi connectivity index (χ0v) is 9.88. The minimum Gasteiger partial charge on any atom is -0.508 e. The van der Waals surface area contributed by atoms with E-state index < -0.39 is 0 Å². The minimum atomic E-state index is -0.215. The molecule has 0 unspecified atom stereocenters. The highest BCUT2D eigenvalue weighted by molar-refractivity contribution is 6.10. The lowest BCUT2D eigenvalue weighted by Gasteiger charge is -2.08. The summed E-state index contributed by atoms with van der Waals surface area (Å²) in [5.41, 5.74) is 2.42. The van der Waals surface area contributed by atoms with Crippen molar-refractivity contribution < 1.29 is 10.2 Å². The monoisotopic (exact) mass is 243 g/mol. The van der Waals surface area contributed by atoms with E-state index in [2.05, 4.69) is 9.97 Å². The maximum Gasteiger partial charge on any atom is 0.116 e. The Morgan fingerprint density at radius 2 is 2.11 bits per heavy atom. The van der Waals surface area contributed by atoms with E-state index in [4.69, 9.17) is 10.5 Å². The van der Waals surface area contributed by atoms with Crippen LogP contribution in [0.15, 0.2) is 30.6 Å². The van der Waals surface area contributed by atoms with Gasteiger partial charge in [0.05, 0.1) is 30.4 Å². The van der Waals surface area contributed by atoms with Gasteiger partial charge in [0.25, 0.3) is 0 Å². The van der Waals surface area contributed by atoms with Crippen molar-refractivity contribution in [2.45, 2.75) is 13.5 Å². The van der Waals surface area contributed by atoms with E-state index in [0.717, 1.165) is 5.56 Å². The zero-order chi connectivity index (χ0) is 13.1. The Balaban J connectivity index is 2.44. The molecule has 2 aromatic rings. The summed E-state index contributed by atoms with van der Waals surface area (Å²) in [4.78, 5) is 8.05. The van der Waals surface area contributed by atoms with Crippen molar-refractivity contribution in [1.29, 1.82) is 5.41 Å². The number of hydrogen-bond donors (Lipinski definition) is 3. The summed E-state index contributed by atoms with van der Waals surface area (Å²) in [6, 6.07) is 4.83. The predicted octanol–water partition coefficient (Wildman–Crippen LogP) is 1.40. The quantitative estimate of drug-likeness (QED) is 0.711. The van der Waals surface area contributed by atoms with Gasteiger partial charge in [-0.05, 0) is 24.6 Å². The number of aryl methyl sites for hydroxylation is 1. The normalized spacial score (nSPS) is 10.3. The number of aromatic nitrogens is 2. The molecule has 5 nitrogen and oxygen atoms in total. The fraction of sp³-hybridized carbons (Fsp3) is 0.154. The maximum atomic E-state index is 9.46. The zero-order valence-electron chi connectivity index (χ0n) is 9.88. The summed E-state index contributed by atoms with van der Waals surface area (Å²) in [5.74, 6) is 0.103. The third-order valence-electron chi connectivity index (χ3n) is 2.59. The molecule has 0 spiro atoms. The van der Waals surface area contributed by atoms with Gasteiger partial charge >= 0.3 is 0 Å². The van der Waals surface area contributed by atoms with Gasteiger partial charge in [0.2, 0.25) is 0 Å². The first-order valence-electron chi connectivity index (χ1n) is 5.42. The second-order valence-electron chi connectivity index (χ2n) is 3.93. The summed E-state index contributed by atoms with van der Waals surface area (Å²) in [7, 11) is 0. The topological polar surface area (TPSA) is 90.1 Å². The molecular weight excluding hydrogens is 230 g/mol. The number of hydrogen-bond acceptors (Lipinski definition) is 5. The van der Waals surface area contributed by atoms with Crippen molar-refractivity contribution in [2.24, 2.45) is 0 Å². The van der Waals surface area contributed by atoms with E-state index in [9.17, 15) is 5.11 Å². The van der Waals surface area contributed by atoms with Gasteiger partial charge in [0, 0.05) is 5.56 Å². The van der Waals surface area contributed by atoms with Crippen LogP contribution < -0.4 is 0 Å². The van der Waals surface area contributed by atoms with Crippen LogP contribution in [0.25, 0.3) is 0 Å². The fourth-order valence-electron chi connectivity index (χ4n) is 1.62. The van der Waals surface area contributed by atoms with Crippen molar-refractivity contribution >= 4 is 5.71 Å². The van der Waals surface area contributed by atoms with Gasteiger partial charge in [-0.2, -0.15) is 0 Å². The highest BCUT2D eigenvalue weighted by atomic mass is 16.3. The van der Waals surface area contributed by atoms with E-state index in [1.54, 1.807) is 12.1 Å².